The van der Waals surface area contributed by atoms with Crippen LogP contribution in [-0.2, 0) is 14.3 Å². The average Bonchev–Trinajstić information content (AvgIpc) is 2.44. The first-order valence-electron chi connectivity index (χ1n) is 8.22. The van der Waals surface area contributed by atoms with Gasteiger partial charge in [-0.25, -0.2) is 0 Å². The highest BCUT2D eigenvalue weighted by molar-refractivity contribution is 5.76. The molecule has 0 saturated heterocycles. The zero-order chi connectivity index (χ0) is 15.7. The highest BCUT2D eigenvalue weighted by Gasteiger charge is 2.27. The Bertz CT molecular complexity index is 323. The van der Waals surface area contributed by atoms with Crippen LogP contribution in [0.5, 0.6) is 0 Å². The van der Waals surface area contributed by atoms with Gasteiger partial charge in [-0.15, -0.1) is 0 Å². The Morgan fingerprint density at radius 3 is 2.43 bits per heavy atom. The van der Waals surface area contributed by atoms with Crippen molar-refractivity contribution in [1.29, 1.82) is 0 Å². The van der Waals surface area contributed by atoms with E-state index >= 15 is 0 Å². The summed E-state index contributed by atoms with van der Waals surface area (Å²) in [6.45, 7) is 7.35. The summed E-state index contributed by atoms with van der Waals surface area (Å²) in [6, 6.07) is 0.687. The fraction of sp³-hybridized carbons (Fsp3) is 0.875. The van der Waals surface area contributed by atoms with Crippen molar-refractivity contribution in [3.8, 4) is 0 Å². The van der Waals surface area contributed by atoms with E-state index in [-0.39, 0.29) is 23.8 Å². The molecule has 0 radical (unpaired) electrons. The minimum atomic E-state index is -0.0814. The first-order valence-corrected chi connectivity index (χ1v) is 8.22. The molecule has 1 amide bonds. The molecular formula is C16H30N2O3. The molecule has 0 bridgehead atoms. The molecule has 1 aliphatic carbocycles. The van der Waals surface area contributed by atoms with Gasteiger partial charge in [0, 0.05) is 18.5 Å². The molecule has 0 spiro atoms. The lowest BCUT2D eigenvalue weighted by Crippen LogP contribution is -2.39. The Labute approximate surface area is 128 Å². The first kappa shape index (κ1) is 18.0. The zero-order valence-electron chi connectivity index (χ0n) is 13.6. The number of carbonyl (C=O) groups is 2. The molecule has 5 heteroatoms. The molecule has 1 fully saturated rings. The van der Waals surface area contributed by atoms with Gasteiger partial charge in [-0.3, -0.25) is 9.59 Å². The van der Waals surface area contributed by atoms with Gasteiger partial charge in [0.25, 0.3) is 0 Å². The SMILES string of the molecule is CCOC(=O)C1CCC(NC(=O)CCCNC(C)C)CC1. The van der Waals surface area contributed by atoms with Crippen molar-refractivity contribution < 1.29 is 14.3 Å². The van der Waals surface area contributed by atoms with E-state index in [4.69, 9.17) is 4.74 Å². The largest absolute Gasteiger partial charge is 0.466 e. The van der Waals surface area contributed by atoms with Crippen molar-refractivity contribution in [2.24, 2.45) is 5.92 Å². The first-order chi connectivity index (χ1) is 10.0. The quantitative estimate of drug-likeness (QED) is 0.531. The van der Waals surface area contributed by atoms with Gasteiger partial charge < -0.3 is 15.4 Å². The van der Waals surface area contributed by atoms with E-state index in [1.807, 2.05) is 6.92 Å². The zero-order valence-corrected chi connectivity index (χ0v) is 13.6. The number of ether oxygens (including phenoxy) is 1. The molecule has 1 rings (SSSR count). The third-order valence-corrected chi connectivity index (χ3v) is 3.85. The second-order valence-electron chi connectivity index (χ2n) is 6.08. The maximum atomic E-state index is 11.8. The van der Waals surface area contributed by atoms with Gasteiger partial charge in [0.15, 0.2) is 0 Å². The second kappa shape index (κ2) is 9.77. The molecule has 0 heterocycles. The lowest BCUT2D eigenvalue weighted by atomic mass is 9.86. The standard InChI is InChI=1S/C16H30N2O3/c1-4-21-16(20)13-7-9-14(10-8-13)18-15(19)6-5-11-17-12(2)3/h12-14,17H,4-11H2,1-3H3,(H,18,19). The fourth-order valence-electron chi connectivity index (χ4n) is 2.67. The van der Waals surface area contributed by atoms with E-state index < -0.39 is 0 Å². The van der Waals surface area contributed by atoms with E-state index in [9.17, 15) is 9.59 Å². The summed E-state index contributed by atoms with van der Waals surface area (Å²) >= 11 is 0. The smallest absolute Gasteiger partial charge is 0.308 e. The third kappa shape index (κ3) is 7.46. The van der Waals surface area contributed by atoms with Crippen molar-refractivity contribution in [1.82, 2.24) is 10.6 Å². The summed E-state index contributed by atoms with van der Waals surface area (Å²) in [4.78, 5) is 23.5. The molecular weight excluding hydrogens is 268 g/mol. The Morgan fingerprint density at radius 2 is 1.86 bits per heavy atom. The number of nitrogens with one attached hydrogen (secondary N) is 2. The van der Waals surface area contributed by atoms with Crippen LogP contribution in [0, 0.1) is 5.92 Å². The lowest BCUT2D eigenvalue weighted by Gasteiger charge is -2.27. The summed E-state index contributed by atoms with van der Waals surface area (Å²) < 4.78 is 5.05. The minimum Gasteiger partial charge on any atom is -0.466 e. The van der Waals surface area contributed by atoms with Crippen LogP contribution in [-0.4, -0.2) is 37.1 Å². The van der Waals surface area contributed by atoms with Crippen LogP contribution in [0.1, 0.15) is 59.3 Å². The average molecular weight is 298 g/mol. The Morgan fingerprint density at radius 1 is 1.19 bits per heavy atom. The molecule has 122 valence electrons. The van der Waals surface area contributed by atoms with Gasteiger partial charge in [-0.05, 0) is 45.6 Å². The molecule has 1 aliphatic rings. The molecule has 0 aromatic carbocycles. The second-order valence-corrected chi connectivity index (χ2v) is 6.08. The van der Waals surface area contributed by atoms with Crippen LogP contribution >= 0.6 is 0 Å². The summed E-state index contributed by atoms with van der Waals surface area (Å²) in [5.74, 6) is 0.0653. The van der Waals surface area contributed by atoms with E-state index in [2.05, 4.69) is 24.5 Å². The molecule has 0 unspecified atom stereocenters. The maximum absolute atomic E-state index is 11.8. The van der Waals surface area contributed by atoms with Crippen molar-refractivity contribution >= 4 is 11.9 Å². The fourth-order valence-corrected chi connectivity index (χ4v) is 2.67. The van der Waals surface area contributed by atoms with Crippen LogP contribution < -0.4 is 10.6 Å². The maximum Gasteiger partial charge on any atom is 0.308 e. The summed E-state index contributed by atoms with van der Waals surface area (Å²) in [5.41, 5.74) is 0. The van der Waals surface area contributed by atoms with Crippen LogP contribution in [0.15, 0.2) is 0 Å². The predicted octanol–water partition coefficient (Wildman–Crippen LogP) is 2.00. The number of rotatable bonds is 8. The molecule has 0 aromatic heterocycles. The van der Waals surface area contributed by atoms with E-state index in [0.29, 0.717) is 19.1 Å². The summed E-state index contributed by atoms with van der Waals surface area (Å²) in [6.07, 6.45) is 4.82. The molecule has 0 atom stereocenters. The van der Waals surface area contributed by atoms with Gasteiger partial charge in [0.1, 0.15) is 0 Å². The lowest BCUT2D eigenvalue weighted by molar-refractivity contribution is -0.149. The Kier molecular flexibility index (Phi) is 8.35. The summed E-state index contributed by atoms with van der Waals surface area (Å²) in [7, 11) is 0. The normalized spacial score (nSPS) is 22.1. The molecule has 1 saturated carbocycles. The van der Waals surface area contributed by atoms with Gasteiger partial charge >= 0.3 is 5.97 Å². The van der Waals surface area contributed by atoms with Gasteiger partial charge in [0.05, 0.1) is 12.5 Å². The molecule has 21 heavy (non-hydrogen) atoms. The number of hydrogen-bond donors (Lipinski definition) is 2. The molecule has 5 nitrogen and oxygen atoms in total. The molecule has 0 aliphatic heterocycles. The number of amides is 1. The highest BCUT2D eigenvalue weighted by atomic mass is 16.5. The van der Waals surface area contributed by atoms with Crippen molar-refractivity contribution in [2.45, 2.75) is 71.4 Å². The monoisotopic (exact) mass is 298 g/mol. The number of esters is 1. The summed E-state index contributed by atoms with van der Waals surface area (Å²) in [5, 5.41) is 6.38. The van der Waals surface area contributed by atoms with Crippen LogP contribution in [0.4, 0.5) is 0 Å². The van der Waals surface area contributed by atoms with E-state index in [1.54, 1.807) is 0 Å². The van der Waals surface area contributed by atoms with Crippen molar-refractivity contribution in [3.63, 3.8) is 0 Å². The molecule has 0 aromatic rings. The number of hydrogen-bond acceptors (Lipinski definition) is 4. The van der Waals surface area contributed by atoms with Crippen LogP contribution in [0.2, 0.25) is 0 Å². The predicted molar refractivity (Wildman–Crippen MR) is 82.9 cm³/mol. The van der Waals surface area contributed by atoms with Gasteiger partial charge in [0.2, 0.25) is 5.91 Å². The van der Waals surface area contributed by atoms with Crippen molar-refractivity contribution in [2.75, 3.05) is 13.2 Å². The van der Waals surface area contributed by atoms with Gasteiger partial charge in [-0.1, -0.05) is 13.8 Å². The number of carbonyl (C=O) groups excluding carboxylic acids is 2. The Hall–Kier alpha value is -1.10. The minimum absolute atomic E-state index is 0.0216. The van der Waals surface area contributed by atoms with Gasteiger partial charge in [-0.2, -0.15) is 0 Å². The molecule has 2 N–H and O–H groups in total. The topological polar surface area (TPSA) is 67.4 Å². The highest BCUT2D eigenvalue weighted by Crippen LogP contribution is 2.25. The van der Waals surface area contributed by atoms with Crippen LogP contribution in [0.3, 0.4) is 0 Å². The van der Waals surface area contributed by atoms with E-state index in [0.717, 1.165) is 38.6 Å². The van der Waals surface area contributed by atoms with Crippen molar-refractivity contribution in [3.05, 3.63) is 0 Å². The van der Waals surface area contributed by atoms with Crippen LogP contribution in [0.25, 0.3) is 0 Å². The van der Waals surface area contributed by atoms with E-state index in [1.165, 1.54) is 0 Å². The third-order valence-electron chi connectivity index (χ3n) is 3.85. The Balaban J connectivity index is 2.14.